The average Bonchev–Trinajstić information content (AvgIpc) is 3.53. The van der Waals surface area contributed by atoms with Crippen molar-refractivity contribution in [3.05, 3.63) is 120 Å². The van der Waals surface area contributed by atoms with E-state index < -0.39 is 8.07 Å². The van der Waals surface area contributed by atoms with E-state index in [0.717, 1.165) is 62.9 Å². The first-order valence-corrected chi connectivity index (χ1v) is 25.6. The summed E-state index contributed by atoms with van der Waals surface area (Å²) in [6, 6.07) is 30.0. The highest BCUT2D eigenvalue weighted by molar-refractivity contribution is 7.22. The summed E-state index contributed by atoms with van der Waals surface area (Å²) in [5, 5.41) is 5.89. The Morgan fingerprint density at radius 1 is 0.508 bits per heavy atom. The summed E-state index contributed by atoms with van der Waals surface area (Å²) in [5.41, 5.74) is 8.00. The molecule has 2 nitrogen and oxygen atoms in total. The Morgan fingerprint density at radius 3 is 1.24 bits per heavy atom. The van der Waals surface area contributed by atoms with Crippen molar-refractivity contribution in [3.8, 4) is 22.6 Å². The van der Waals surface area contributed by atoms with Crippen molar-refractivity contribution in [1.29, 1.82) is 0 Å². The lowest BCUT2D eigenvalue weighted by Crippen LogP contribution is -2.73. The second-order valence-electron chi connectivity index (χ2n) is 18.6. The van der Waals surface area contributed by atoms with Crippen molar-refractivity contribution >= 4 is 28.8 Å². The fourth-order valence-electron chi connectivity index (χ4n) is 9.01. The Morgan fingerprint density at radius 2 is 0.898 bits per heavy atom. The summed E-state index contributed by atoms with van der Waals surface area (Å²) < 4.78 is 13.7. The number of fused-ring (bicyclic) bond motifs is 3. The van der Waals surface area contributed by atoms with E-state index in [1.807, 2.05) is 12.2 Å². The maximum Gasteiger partial charge on any atom is 0.180 e. The van der Waals surface area contributed by atoms with Gasteiger partial charge in [-0.1, -0.05) is 167 Å². The second-order valence-corrected chi connectivity index (χ2v) is 22.3. The molecule has 0 radical (unpaired) electrons. The summed E-state index contributed by atoms with van der Waals surface area (Å²) in [7, 11) is -2.88. The Labute approximate surface area is 362 Å². The van der Waals surface area contributed by atoms with Gasteiger partial charge in [0.2, 0.25) is 0 Å². The van der Waals surface area contributed by atoms with Gasteiger partial charge >= 0.3 is 0 Å². The third-order valence-electron chi connectivity index (χ3n) is 13.6. The van der Waals surface area contributed by atoms with Crippen LogP contribution in [0.25, 0.3) is 11.1 Å². The fourth-order valence-corrected chi connectivity index (χ4v) is 14.2. The minimum absolute atomic E-state index is 0.0722. The smallest absolute Gasteiger partial charge is 0.180 e. The fraction of sp³-hybridized carbons (Fsp3) is 0.500. The molecule has 0 amide bonds. The van der Waals surface area contributed by atoms with Crippen LogP contribution in [-0.4, -0.2) is 21.3 Å². The molecule has 1 heterocycles. The van der Waals surface area contributed by atoms with Crippen LogP contribution in [-0.2, 0) is 23.7 Å². The van der Waals surface area contributed by atoms with Gasteiger partial charge in [-0.15, -0.1) is 13.2 Å². The minimum Gasteiger partial charge on any atom is -0.493 e. The summed E-state index contributed by atoms with van der Waals surface area (Å²) in [6.45, 7) is 28.1. The van der Waals surface area contributed by atoms with Crippen LogP contribution in [0.2, 0.25) is 0 Å². The molecule has 0 spiro atoms. The molecule has 0 atom stereocenters. The first-order chi connectivity index (χ1) is 28.5. The first kappa shape index (κ1) is 46.2. The number of aryl methyl sites for hydroxylation is 2. The van der Waals surface area contributed by atoms with Crippen LogP contribution in [0.3, 0.4) is 0 Å². The number of benzene rings is 4. The molecule has 0 saturated carbocycles. The summed E-state index contributed by atoms with van der Waals surface area (Å²) in [4.78, 5) is 0. The Bertz CT molecular complexity index is 1800. The molecule has 4 aromatic rings. The molecule has 3 heteroatoms. The number of rotatable bonds is 26. The normalized spacial score (nSPS) is 13.2. The quantitative estimate of drug-likeness (QED) is 0.0315. The molecule has 0 N–H and O–H groups in total. The SMILES string of the molecule is C=CCCCOc1cc2c(cc1C(C)(C)CC)[Si](c1ccc(CCCCCC)cc1)(c1ccc(CCCCCC)cc1)c1cc(C(C)(C)CC)c(OCCCC=C)cc1-2. The molecule has 4 aromatic carbocycles. The van der Waals surface area contributed by atoms with Crippen LogP contribution < -0.4 is 30.2 Å². The molecule has 0 bridgehead atoms. The Balaban J connectivity index is 1.85. The maximum absolute atomic E-state index is 6.83. The minimum atomic E-state index is -2.88. The Kier molecular flexibility index (Phi) is 16.9. The van der Waals surface area contributed by atoms with Crippen LogP contribution >= 0.6 is 0 Å². The van der Waals surface area contributed by atoms with Gasteiger partial charge in [-0.3, -0.25) is 0 Å². The highest BCUT2D eigenvalue weighted by Gasteiger charge is 2.50. The number of ether oxygens (including phenoxy) is 2. The van der Waals surface area contributed by atoms with Gasteiger partial charge < -0.3 is 9.47 Å². The van der Waals surface area contributed by atoms with Gasteiger partial charge in [-0.2, -0.15) is 0 Å². The lowest BCUT2D eigenvalue weighted by molar-refractivity contribution is 0.301. The van der Waals surface area contributed by atoms with Crippen LogP contribution in [0.15, 0.2) is 98.1 Å². The van der Waals surface area contributed by atoms with Gasteiger partial charge in [0.25, 0.3) is 0 Å². The lowest BCUT2D eigenvalue weighted by atomic mass is 9.80. The zero-order valence-electron chi connectivity index (χ0n) is 38.5. The van der Waals surface area contributed by atoms with E-state index in [2.05, 4.69) is 141 Å². The van der Waals surface area contributed by atoms with Crippen molar-refractivity contribution in [2.45, 2.75) is 169 Å². The molecule has 5 rings (SSSR count). The molecule has 0 aromatic heterocycles. The van der Waals surface area contributed by atoms with Crippen molar-refractivity contribution in [2.75, 3.05) is 13.2 Å². The number of allylic oxidation sites excluding steroid dienone is 2. The van der Waals surface area contributed by atoms with E-state index in [4.69, 9.17) is 9.47 Å². The number of hydrogen-bond acceptors (Lipinski definition) is 2. The topological polar surface area (TPSA) is 18.5 Å². The first-order valence-electron chi connectivity index (χ1n) is 23.6. The average molecular weight is 811 g/mol. The van der Waals surface area contributed by atoms with Crippen LogP contribution in [0, 0.1) is 0 Å². The standard InChI is InChI=1S/C56H78O2Si/c1-11-17-21-23-27-43-29-33-45(34-30-43)59(46-35-31-44(32-36-46)28-24-22-18-12-2)53-41-49(55(7,8)15-5)51(57-37-25-19-13-3)39-47(53)48-40-52(58-38-26-20-14-4)50(42-54(48)59)56(9,10)16-6/h13-14,29-36,39-42H,3-4,11-12,15-28,37-38H2,1-2,5-10H3. The van der Waals surface area contributed by atoms with Crippen LogP contribution in [0.4, 0.5) is 0 Å². The summed E-state index contributed by atoms with van der Waals surface area (Å²) in [6.07, 6.45) is 22.3. The van der Waals surface area contributed by atoms with Crippen molar-refractivity contribution in [2.24, 2.45) is 0 Å². The second kappa shape index (κ2) is 21.6. The van der Waals surface area contributed by atoms with E-state index >= 15 is 0 Å². The monoisotopic (exact) mass is 811 g/mol. The molecule has 0 unspecified atom stereocenters. The maximum atomic E-state index is 6.83. The van der Waals surface area contributed by atoms with E-state index in [1.54, 1.807) is 0 Å². The highest BCUT2D eigenvalue weighted by Crippen LogP contribution is 2.43. The molecule has 1 aliphatic rings. The predicted molar refractivity (Wildman–Crippen MR) is 261 cm³/mol. The molecule has 59 heavy (non-hydrogen) atoms. The van der Waals surface area contributed by atoms with Crippen molar-refractivity contribution in [3.63, 3.8) is 0 Å². The third kappa shape index (κ3) is 10.6. The number of hydrogen-bond donors (Lipinski definition) is 0. The number of unbranched alkanes of at least 4 members (excludes halogenated alkanes) is 8. The molecule has 1 aliphatic heterocycles. The van der Waals surface area contributed by atoms with E-state index in [-0.39, 0.29) is 10.8 Å². The summed E-state index contributed by atoms with van der Waals surface area (Å²) >= 11 is 0. The van der Waals surface area contributed by atoms with Crippen LogP contribution in [0.5, 0.6) is 11.5 Å². The molecule has 0 aliphatic carbocycles. The van der Waals surface area contributed by atoms with Gasteiger partial charge in [0.1, 0.15) is 11.5 Å². The molecule has 0 saturated heterocycles. The van der Waals surface area contributed by atoms with Gasteiger partial charge in [0, 0.05) is 0 Å². The molecular weight excluding hydrogens is 733 g/mol. The highest BCUT2D eigenvalue weighted by atomic mass is 28.3. The molecule has 0 fully saturated rings. The summed E-state index contributed by atoms with van der Waals surface area (Å²) in [5.74, 6) is 2.04. The van der Waals surface area contributed by atoms with Crippen LogP contribution in [0.1, 0.15) is 168 Å². The Hall–Kier alpha value is -3.82. The third-order valence-corrected chi connectivity index (χ3v) is 18.4. The van der Waals surface area contributed by atoms with Gasteiger partial charge in [0.05, 0.1) is 13.2 Å². The van der Waals surface area contributed by atoms with Crippen molar-refractivity contribution < 1.29 is 9.47 Å². The van der Waals surface area contributed by atoms with E-state index in [0.29, 0.717) is 13.2 Å². The van der Waals surface area contributed by atoms with Crippen molar-refractivity contribution in [1.82, 2.24) is 0 Å². The zero-order valence-corrected chi connectivity index (χ0v) is 39.5. The van der Waals surface area contributed by atoms with Gasteiger partial charge in [-0.25, -0.2) is 0 Å². The lowest BCUT2D eigenvalue weighted by Gasteiger charge is -2.35. The largest absolute Gasteiger partial charge is 0.493 e. The van der Waals surface area contributed by atoms with E-state index in [1.165, 1.54) is 105 Å². The molecular formula is C56H78O2Si. The van der Waals surface area contributed by atoms with E-state index in [9.17, 15) is 0 Å². The molecule has 318 valence electrons. The van der Waals surface area contributed by atoms with Gasteiger partial charge in [0.15, 0.2) is 8.07 Å². The predicted octanol–water partition coefficient (Wildman–Crippen LogP) is 13.4. The van der Waals surface area contributed by atoms with Gasteiger partial charge in [-0.05, 0) is 141 Å². The zero-order chi connectivity index (χ0) is 42.5.